The third-order valence-electron chi connectivity index (χ3n) is 3.84. The van der Waals surface area contributed by atoms with E-state index >= 15 is 0 Å². The first-order valence-corrected chi connectivity index (χ1v) is 8.59. The van der Waals surface area contributed by atoms with Crippen LogP contribution in [-0.4, -0.2) is 18.0 Å². The number of carbonyl (C=O) groups is 1. The number of anilines is 1. The number of rotatable bonds is 6. The van der Waals surface area contributed by atoms with Gasteiger partial charge in [0.2, 0.25) is 5.43 Å². The molecule has 0 atom stereocenters. The van der Waals surface area contributed by atoms with Crippen molar-refractivity contribution in [2.75, 3.05) is 12.4 Å². The molecule has 0 fully saturated rings. The van der Waals surface area contributed by atoms with Gasteiger partial charge in [-0.05, 0) is 35.9 Å². The van der Waals surface area contributed by atoms with E-state index in [2.05, 4.69) is 10.3 Å². The number of hydrogen-bond acceptors (Lipinski definition) is 4. The number of hydrogen-bond donors (Lipinski definition) is 2. The van der Waals surface area contributed by atoms with Gasteiger partial charge in [0, 0.05) is 17.3 Å². The highest BCUT2D eigenvalue weighted by Gasteiger charge is 2.13. The van der Waals surface area contributed by atoms with Crippen LogP contribution in [0.4, 0.5) is 10.1 Å². The van der Waals surface area contributed by atoms with Gasteiger partial charge in [0.1, 0.15) is 23.9 Å². The van der Waals surface area contributed by atoms with Crippen molar-refractivity contribution in [3.8, 4) is 11.5 Å². The molecular formula is C20H16ClFN2O4. The monoisotopic (exact) mass is 402 g/mol. The summed E-state index contributed by atoms with van der Waals surface area (Å²) in [6, 6.07) is 11.6. The van der Waals surface area contributed by atoms with Crippen molar-refractivity contribution >= 4 is 23.2 Å². The largest absolute Gasteiger partial charge is 0.495 e. The normalized spacial score (nSPS) is 10.4. The molecule has 0 radical (unpaired) electrons. The van der Waals surface area contributed by atoms with Crippen molar-refractivity contribution in [3.63, 3.8) is 0 Å². The van der Waals surface area contributed by atoms with Gasteiger partial charge in [-0.15, -0.1) is 0 Å². The molecule has 144 valence electrons. The summed E-state index contributed by atoms with van der Waals surface area (Å²) in [5, 5.41) is 3.06. The summed E-state index contributed by atoms with van der Waals surface area (Å²) in [6.45, 7) is 0.0919. The number of ether oxygens (including phenoxy) is 2. The Kier molecular flexibility index (Phi) is 5.96. The number of pyridine rings is 1. The Labute approximate surface area is 164 Å². The molecule has 2 aromatic carbocycles. The van der Waals surface area contributed by atoms with Gasteiger partial charge >= 0.3 is 0 Å². The minimum atomic E-state index is -0.539. The zero-order valence-corrected chi connectivity index (χ0v) is 15.5. The second-order valence-corrected chi connectivity index (χ2v) is 6.23. The lowest BCUT2D eigenvalue weighted by Gasteiger charge is -2.11. The van der Waals surface area contributed by atoms with Crippen molar-refractivity contribution in [1.29, 1.82) is 0 Å². The molecule has 3 rings (SSSR count). The lowest BCUT2D eigenvalue weighted by Crippen LogP contribution is -2.18. The standard InChI is InChI=1S/C20H16ClFN2O4/c1-27-18-7-4-13(21)8-15(18)24-20(26)16-9-17(25)19(10-23-16)28-11-12-2-5-14(22)6-3-12/h2-10H,11H2,1H3,(H,23,25)(H,24,26). The Morgan fingerprint density at radius 1 is 1.14 bits per heavy atom. The lowest BCUT2D eigenvalue weighted by molar-refractivity contribution is 0.102. The van der Waals surface area contributed by atoms with Crippen molar-refractivity contribution in [3.05, 3.63) is 87.0 Å². The molecule has 1 amide bonds. The summed E-state index contributed by atoms with van der Waals surface area (Å²) in [6.07, 6.45) is 1.30. The van der Waals surface area contributed by atoms with E-state index in [9.17, 15) is 14.0 Å². The van der Waals surface area contributed by atoms with Gasteiger partial charge in [-0.1, -0.05) is 23.7 Å². The van der Waals surface area contributed by atoms with E-state index in [-0.39, 0.29) is 23.9 Å². The molecule has 1 aromatic heterocycles. The molecule has 0 spiro atoms. The summed E-state index contributed by atoms with van der Waals surface area (Å²) in [4.78, 5) is 27.4. The third kappa shape index (κ3) is 4.69. The van der Waals surface area contributed by atoms with Crippen LogP contribution < -0.4 is 20.2 Å². The van der Waals surface area contributed by atoms with Gasteiger partial charge in [-0.3, -0.25) is 9.59 Å². The molecule has 0 aliphatic rings. The molecule has 2 N–H and O–H groups in total. The summed E-state index contributed by atoms with van der Waals surface area (Å²) in [7, 11) is 1.47. The van der Waals surface area contributed by atoms with E-state index in [4.69, 9.17) is 21.1 Å². The molecule has 0 aliphatic carbocycles. The highest BCUT2D eigenvalue weighted by atomic mass is 35.5. The van der Waals surface area contributed by atoms with Gasteiger partial charge in [0.05, 0.1) is 12.8 Å². The molecule has 1 heterocycles. The molecule has 8 heteroatoms. The first-order chi connectivity index (χ1) is 13.5. The van der Waals surface area contributed by atoms with E-state index in [1.807, 2.05) is 0 Å². The van der Waals surface area contributed by atoms with Gasteiger partial charge in [-0.2, -0.15) is 0 Å². The highest BCUT2D eigenvalue weighted by Crippen LogP contribution is 2.27. The number of aromatic amines is 1. The number of halogens is 2. The van der Waals surface area contributed by atoms with Crippen LogP contribution in [0.15, 0.2) is 59.5 Å². The smallest absolute Gasteiger partial charge is 0.272 e. The van der Waals surface area contributed by atoms with Crippen LogP contribution in [0.25, 0.3) is 0 Å². The molecule has 3 aromatic rings. The minimum Gasteiger partial charge on any atom is -0.495 e. The topological polar surface area (TPSA) is 80.4 Å². The average Bonchev–Trinajstić information content (AvgIpc) is 2.68. The second-order valence-electron chi connectivity index (χ2n) is 5.79. The number of H-pyrrole nitrogens is 1. The maximum atomic E-state index is 12.9. The fourth-order valence-electron chi connectivity index (χ4n) is 2.41. The molecule has 6 nitrogen and oxygen atoms in total. The maximum absolute atomic E-state index is 12.9. The van der Waals surface area contributed by atoms with E-state index in [0.717, 1.165) is 6.07 Å². The Morgan fingerprint density at radius 2 is 1.89 bits per heavy atom. The molecule has 0 saturated heterocycles. The molecule has 0 bridgehead atoms. The molecule has 28 heavy (non-hydrogen) atoms. The summed E-state index contributed by atoms with van der Waals surface area (Å²) in [5.74, 6) is -0.420. The van der Waals surface area contributed by atoms with Crippen molar-refractivity contribution in [2.45, 2.75) is 6.61 Å². The van der Waals surface area contributed by atoms with Gasteiger partial charge < -0.3 is 19.8 Å². The van der Waals surface area contributed by atoms with Crippen LogP contribution in [0.5, 0.6) is 11.5 Å². The van der Waals surface area contributed by atoms with Gasteiger partial charge in [-0.25, -0.2) is 4.39 Å². The number of methoxy groups -OCH3 is 1. The van der Waals surface area contributed by atoms with Crippen LogP contribution in [0.1, 0.15) is 16.1 Å². The first-order valence-electron chi connectivity index (χ1n) is 8.21. The molecular weight excluding hydrogens is 387 g/mol. The first kappa shape index (κ1) is 19.4. The minimum absolute atomic E-state index is 0.0427. The van der Waals surface area contributed by atoms with Crippen molar-refractivity contribution in [1.82, 2.24) is 4.98 Å². The SMILES string of the molecule is COc1ccc(Cl)cc1NC(=O)c1cc(=O)c(OCc2ccc(F)cc2)c[nH]1. The summed E-state index contributed by atoms with van der Waals surface area (Å²) >= 11 is 5.94. The zero-order chi connectivity index (χ0) is 20.1. The van der Waals surface area contributed by atoms with Crippen molar-refractivity contribution < 1.29 is 18.7 Å². The van der Waals surface area contributed by atoms with Crippen molar-refractivity contribution in [2.24, 2.45) is 0 Å². The Bertz CT molecular complexity index is 1050. The molecule has 0 aliphatic heterocycles. The fourth-order valence-corrected chi connectivity index (χ4v) is 2.58. The van der Waals surface area contributed by atoms with Crippen LogP contribution in [-0.2, 0) is 6.61 Å². The number of benzene rings is 2. The number of nitrogens with one attached hydrogen (secondary N) is 2. The van der Waals surface area contributed by atoms with E-state index in [1.165, 1.54) is 31.5 Å². The lowest BCUT2D eigenvalue weighted by atomic mass is 10.2. The van der Waals surface area contributed by atoms with Gasteiger partial charge in [0.25, 0.3) is 5.91 Å². The van der Waals surface area contributed by atoms with Crippen LogP contribution >= 0.6 is 11.6 Å². The van der Waals surface area contributed by atoms with E-state index < -0.39 is 11.3 Å². The predicted octanol–water partition coefficient (Wildman–Crippen LogP) is 4.01. The number of amides is 1. The molecule has 0 unspecified atom stereocenters. The Balaban J connectivity index is 1.71. The zero-order valence-electron chi connectivity index (χ0n) is 14.8. The number of carbonyl (C=O) groups excluding carboxylic acids is 1. The maximum Gasteiger partial charge on any atom is 0.272 e. The highest BCUT2D eigenvalue weighted by molar-refractivity contribution is 6.31. The Morgan fingerprint density at radius 3 is 2.57 bits per heavy atom. The predicted molar refractivity (Wildman–Crippen MR) is 104 cm³/mol. The van der Waals surface area contributed by atoms with E-state index in [1.54, 1.807) is 24.3 Å². The quantitative estimate of drug-likeness (QED) is 0.653. The third-order valence-corrected chi connectivity index (χ3v) is 4.07. The average molecular weight is 403 g/mol. The van der Waals surface area contributed by atoms with Crippen LogP contribution in [0.2, 0.25) is 5.02 Å². The van der Waals surface area contributed by atoms with E-state index in [0.29, 0.717) is 22.0 Å². The Hall–Kier alpha value is -3.32. The van der Waals surface area contributed by atoms with Crippen LogP contribution in [0.3, 0.4) is 0 Å². The fraction of sp³-hybridized carbons (Fsp3) is 0.100. The number of aromatic nitrogens is 1. The summed E-state index contributed by atoms with van der Waals surface area (Å²) in [5.41, 5.74) is 0.651. The summed E-state index contributed by atoms with van der Waals surface area (Å²) < 4.78 is 23.5. The van der Waals surface area contributed by atoms with Crippen LogP contribution in [0, 0.1) is 5.82 Å². The molecule has 0 saturated carbocycles. The second kappa shape index (κ2) is 8.58. The van der Waals surface area contributed by atoms with Gasteiger partial charge in [0.15, 0.2) is 5.75 Å².